The minimum Gasteiger partial charge on any atom is -0.292 e. The fraction of sp³-hybridized carbons (Fsp3) is 0.286. The van der Waals surface area contributed by atoms with Gasteiger partial charge in [-0.3, -0.25) is 15.0 Å². The van der Waals surface area contributed by atoms with Crippen LogP contribution in [0.5, 0.6) is 0 Å². The Morgan fingerprint density at radius 1 is 1.30 bits per heavy atom. The summed E-state index contributed by atoms with van der Waals surface area (Å²) in [5.41, 5.74) is 2.37. The van der Waals surface area contributed by atoms with Crippen LogP contribution in [0.2, 0.25) is 0 Å². The van der Waals surface area contributed by atoms with Crippen LogP contribution in [-0.4, -0.2) is 27.6 Å². The van der Waals surface area contributed by atoms with Crippen molar-refractivity contribution in [1.29, 1.82) is 0 Å². The molecule has 0 spiro atoms. The Balaban J connectivity index is 2.77. The molecular formula is C14H16Cl2N4O3. The minimum atomic E-state index is -0.554. The fourth-order valence-corrected chi connectivity index (χ4v) is 1.75. The number of urea groups is 1. The van der Waals surface area contributed by atoms with Crippen molar-refractivity contribution in [1.82, 2.24) is 10.3 Å². The van der Waals surface area contributed by atoms with Gasteiger partial charge < -0.3 is 0 Å². The number of nitro groups is 1. The van der Waals surface area contributed by atoms with Gasteiger partial charge in [-0.15, -0.1) is 0 Å². The van der Waals surface area contributed by atoms with E-state index in [0.29, 0.717) is 5.56 Å². The van der Waals surface area contributed by atoms with Crippen molar-refractivity contribution in [2.75, 3.05) is 0 Å². The Hall–Kier alpha value is -2.12. The highest BCUT2D eigenvalue weighted by Gasteiger charge is 2.25. The minimum absolute atomic E-state index is 0.0213. The molecule has 1 rings (SSSR count). The Morgan fingerprint density at radius 3 is 2.30 bits per heavy atom. The van der Waals surface area contributed by atoms with E-state index >= 15 is 0 Å². The fourth-order valence-electron chi connectivity index (χ4n) is 1.55. The van der Waals surface area contributed by atoms with E-state index < -0.39 is 16.5 Å². The van der Waals surface area contributed by atoms with E-state index in [2.05, 4.69) is 10.5 Å². The topological polar surface area (TPSA) is 87.8 Å². The van der Waals surface area contributed by atoms with Crippen LogP contribution in [0.3, 0.4) is 0 Å². The SMILES string of the molecule is CC(C)(C)N(C=C(Cl)Cl)C(=O)N/N=C\c1ccc([N+](=O)[O-])cc1. The molecule has 0 aliphatic rings. The number of non-ortho nitro benzene ring substituents is 1. The Morgan fingerprint density at radius 2 is 1.87 bits per heavy atom. The number of amides is 2. The van der Waals surface area contributed by atoms with Crippen molar-refractivity contribution in [2.45, 2.75) is 26.3 Å². The molecule has 7 nitrogen and oxygen atoms in total. The molecule has 0 aromatic heterocycles. The Kier molecular flexibility index (Phi) is 6.53. The maximum absolute atomic E-state index is 12.1. The van der Waals surface area contributed by atoms with Gasteiger partial charge in [-0.1, -0.05) is 23.2 Å². The first-order valence-corrected chi connectivity index (χ1v) is 7.26. The van der Waals surface area contributed by atoms with E-state index in [1.54, 1.807) is 20.8 Å². The van der Waals surface area contributed by atoms with Crippen molar-refractivity contribution in [3.63, 3.8) is 0 Å². The van der Waals surface area contributed by atoms with Crippen LogP contribution in [0.15, 0.2) is 40.1 Å². The van der Waals surface area contributed by atoms with Crippen molar-refractivity contribution in [3.8, 4) is 0 Å². The van der Waals surface area contributed by atoms with Crippen LogP contribution in [0.4, 0.5) is 10.5 Å². The number of hydrogen-bond donors (Lipinski definition) is 1. The van der Waals surface area contributed by atoms with E-state index in [1.165, 1.54) is 41.6 Å². The first-order chi connectivity index (χ1) is 10.6. The third kappa shape index (κ3) is 6.25. The summed E-state index contributed by atoms with van der Waals surface area (Å²) in [4.78, 5) is 23.5. The summed E-state index contributed by atoms with van der Waals surface area (Å²) in [6, 6.07) is 5.21. The van der Waals surface area contributed by atoms with E-state index in [0.717, 1.165) is 0 Å². The van der Waals surface area contributed by atoms with Crippen molar-refractivity contribution >= 4 is 41.1 Å². The summed E-state index contributed by atoms with van der Waals surface area (Å²) in [6.07, 6.45) is 2.66. The lowest BCUT2D eigenvalue weighted by atomic mass is 10.1. The normalized spacial score (nSPS) is 11.2. The van der Waals surface area contributed by atoms with Gasteiger partial charge in [0.15, 0.2) is 0 Å². The van der Waals surface area contributed by atoms with Crippen molar-refractivity contribution in [3.05, 3.63) is 50.6 Å². The average Bonchev–Trinajstić information content (AvgIpc) is 2.43. The molecule has 9 heteroatoms. The maximum atomic E-state index is 12.1. The summed E-state index contributed by atoms with van der Waals surface area (Å²) < 4.78 is -0.0607. The summed E-state index contributed by atoms with van der Waals surface area (Å²) in [7, 11) is 0. The molecule has 0 heterocycles. The molecule has 1 N–H and O–H groups in total. The molecule has 0 aliphatic carbocycles. The van der Waals surface area contributed by atoms with Crippen LogP contribution < -0.4 is 5.43 Å². The number of carbonyl (C=O) groups excluding carboxylic acids is 1. The van der Waals surface area contributed by atoms with Crippen LogP contribution in [0, 0.1) is 10.1 Å². The largest absolute Gasteiger partial charge is 0.342 e. The molecule has 0 bridgehead atoms. The lowest BCUT2D eigenvalue weighted by Gasteiger charge is -2.31. The highest BCUT2D eigenvalue weighted by Crippen LogP contribution is 2.18. The molecule has 0 saturated carbocycles. The number of hydrogen-bond acceptors (Lipinski definition) is 4. The van der Waals surface area contributed by atoms with E-state index in [1.807, 2.05) is 0 Å². The zero-order valence-electron chi connectivity index (χ0n) is 12.8. The molecule has 1 aromatic carbocycles. The third-order valence-electron chi connectivity index (χ3n) is 2.65. The Labute approximate surface area is 143 Å². The summed E-state index contributed by atoms with van der Waals surface area (Å²) in [5.74, 6) is 0. The predicted molar refractivity (Wildman–Crippen MR) is 90.6 cm³/mol. The lowest BCUT2D eigenvalue weighted by molar-refractivity contribution is -0.384. The molecule has 124 valence electrons. The second-order valence-corrected chi connectivity index (χ2v) is 6.49. The van der Waals surface area contributed by atoms with Crippen molar-refractivity contribution < 1.29 is 9.72 Å². The summed E-state index contributed by atoms with van der Waals surface area (Å²) in [6.45, 7) is 5.42. The van der Waals surface area contributed by atoms with Gasteiger partial charge in [0.25, 0.3) is 5.69 Å². The number of carbonyl (C=O) groups is 1. The van der Waals surface area contributed by atoms with Crippen LogP contribution >= 0.6 is 23.2 Å². The first kappa shape index (κ1) is 18.9. The quantitative estimate of drug-likeness (QED) is 0.500. The number of rotatable bonds is 4. The monoisotopic (exact) mass is 358 g/mol. The maximum Gasteiger partial charge on any atom is 0.342 e. The number of nitro benzene ring substituents is 1. The number of nitrogens with zero attached hydrogens (tertiary/aromatic N) is 3. The number of benzene rings is 1. The molecule has 1 aromatic rings. The van der Waals surface area contributed by atoms with Gasteiger partial charge in [-0.05, 0) is 38.5 Å². The van der Waals surface area contributed by atoms with Crippen LogP contribution in [0.25, 0.3) is 0 Å². The van der Waals surface area contributed by atoms with Gasteiger partial charge >= 0.3 is 6.03 Å². The van der Waals surface area contributed by atoms with Gasteiger partial charge in [0.05, 0.1) is 11.1 Å². The smallest absolute Gasteiger partial charge is 0.292 e. The molecule has 0 fully saturated rings. The van der Waals surface area contributed by atoms with Crippen molar-refractivity contribution in [2.24, 2.45) is 5.10 Å². The van der Waals surface area contributed by atoms with Gasteiger partial charge in [0, 0.05) is 23.9 Å². The number of halogens is 2. The van der Waals surface area contributed by atoms with Gasteiger partial charge in [0.1, 0.15) is 4.49 Å². The number of hydrazone groups is 1. The molecule has 23 heavy (non-hydrogen) atoms. The van der Waals surface area contributed by atoms with Gasteiger partial charge in [-0.25, -0.2) is 10.2 Å². The van der Waals surface area contributed by atoms with E-state index in [-0.39, 0.29) is 10.2 Å². The highest BCUT2D eigenvalue weighted by atomic mass is 35.5. The second-order valence-electron chi connectivity index (χ2n) is 5.48. The zero-order valence-corrected chi connectivity index (χ0v) is 14.3. The first-order valence-electron chi connectivity index (χ1n) is 6.51. The number of nitrogens with one attached hydrogen (secondary N) is 1. The van der Waals surface area contributed by atoms with Gasteiger partial charge in [0.2, 0.25) is 0 Å². The van der Waals surface area contributed by atoms with Gasteiger partial charge in [-0.2, -0.15) is 5.10 Å². The molecule has 0 unspecified atom stereocenters. The zero-order chi connectivity index (χ0) is 17.6. The van der Waals surface area contributed by atoms with Crippen LogP contribution in [0.1, 0.15) is 26.3 Å². The molecule has 0 radical (unpaired) electrons. The summed E-state index contributed by atoms with van der Waals surface area (Å²) >= 11 is 11.2. The highest BCUT2D eigenvalue weighted by molar-refractivity contribution is 6.55. The lowest BCUT2D eigenvalue weighted by Crippen LogP contribution is -2.45. The molecule has 0 saturated heterocycles. The molecule has 0 aliphatic heterocycles. The Bertz CT molecular complexity index is 632. The van der Waals surface area contributed by atoms with E-state index in [9.17, 15) is 14.9 Å². The third-order valence-corrected chi connectivity index (χ3v) is 2.84. The standard InChI is InChI=1S/C14H16Cl2N4O3/c1-14(2,3)19(9-12(15)16)13(21)18-17-8-10-4-6-11(7-5-10)20(22)23/h4-9H,1-3H3,(H,18,21)/b17-8-. The second kappa shape index (κ2) is 7.94. The molecule has 0 atom stereocenters. The summed E-state index contributed by atoms with van der Waals surface area (Å²) in [5, 5.41) is 14.4. The van der Waals surface area contributed by atoms with E-state index in [4.69, 9.17) is 23.2 Å². The molecule has 2 amide bonds. The molecular weight excluding hydrogens is 343 g/mol. The predicted octanol–water partition coefficient (Wildman–Crippen LogP) is 4.02. The van der Waals surface area contributed by atoms with Crippen LogP contribution in [-0.2, 0) is 0 Å². The average molecular weight is 359 g/mol.